The van der Waals surface area contributed by atoms with Gasteiger partial charge >= 0.3 is 5.97 Å². The first-order valence-corrected chi connectivity index (χ1v) is 8.53. The van der Waals surface area contributed by atoms with Crippen molar-refractivity contribution in [2.75, 3.05) is 6.54 Å². The molecule has 1 aliphatic rings. The van der Waals surface area contributed by atoms with Crippen molar-refractivity contribution in [2.45, 2.75) is 20.0 Å². The van der Waals surface area contributed by atoms with Crippen molar-refractivity contribution in [1.29, 1.82) is 0 Å². The summed E-state index contributed by atoms with van der Waals surface area (Å²) in [6.07, 6.45) is -0.455. The van der Waals surface area contributed by atoms with E-state index in [0.717, 1.165) is 22.4 Å². The minimum atomic E-state index is -0.455. The van der Waals surface area contributed by atoms with Gasteiger partial charge in [0, 0.05) is 5.70 Å². The van der Waals surface area contributed by atoms with Crippen molar-refractivity contribution >= 4 is 23.3 Å². The highest BCUT2D eigenvalue weighted by Gasteiger charge is 2.25. The molecule has 0 bridgehead atoms. The third-order valence-electron chi connectivity index (χ3n) is 4.22. The van der Waals surface area contributed by atoms with Crippen LogP contribution in [0.5, 0.6) is 0 Å². The molecule has 3 rings (SSSR count). The molecule has 0 fully saturated rings. The van der Waals surface area contributed by atoms with Crippen LogP contribution in [0.15, 0.2) is 65.9 Å². The molecular weight excluding hydrogens is 332 g/mol. The molecule has 1 heterocycles. The van der Waals surface area contributed by atoms with Crippen LogP contribution in [-0.2, 0) is 9.53 Å². The lowest BCUT2D eigenvalue weighted by Gasteiger charge is -2.25. The van der Waals surface area contributed by atoms with E-state index in [1.54, 1.807) is 0 Å². The molecule has 4 nitrogen and oxygen atoms in total. The smallest absolute Gasteiger partial charge is 0.338 e. The van der Waals surface area contributed by atoms with Crippen molar-refractivity contribution in [1.82, 2.24) is 10.6 Å². The van der Waals surface area contributed by atoms with Gasteiger partial charge in [-0.1, -0.05) is 54.6 Å². The summed E-state index contributed by atoms with van der Waals surface area (Å²) in [7, 11) is 0. The minimum absolute atomic E-state index is 0.350. The highest BCUT2D eigenvalue weighted by atomic mass is 32.1. The number of benzene rings is 2. The highest BCUT2D eigenvalue weighted by Crippen LogP contribution is 2.29. The molecular formula is C20H20N2O2S. The molecule has 0 saturated carbocycles. The van der Waals surface area contributed by atoms with Crippen LogP contribution in [0.3, 0.4) is 0 Å². The first-order valence-electron chi connectivity index (χ1n) is 8.12. The summed E-state index contributed by atoms with van der Waals surface area (Å²) in [4.78, 5) is 12.8. The van der Waals surface area contributed by atoms with E-state index in [9.17, 15) is 4.79 Å². The highest BCUT2D eigenvalue weighted by molar-refractivity contribution is 7.80. The number of allylic oxidation sites excluding steroid dienone is 1. The normalized spacial score (nSPS) is 15.2. The Morgan fingerprint density at radius 1 is 1.08 bits per heavy atom. The molecule has 0 radical (unpaired) electrons. The topological polar surface area (TPSA) is 50.4 Å². The van der Waals surface area contributed by atoms with Gasteiger partial charge in [0.25, 0.3) is 0 Å². The molecule has 5 heteroatoms. The molecule has 1 unspecified atom stereocenters. The van der Waals surface area contributed by atoms with Crippen LogP contribution in [0, 0.1) is 6.92 Å². The summed E-state index contributed by atoms with van der Waals surface area (Å²) >= 11 is 5.07. The molecule has 2 N–H and O–H groups in total. The van der Waals surface area contributed by atoms with Gasteiger partial charge in [-0.2, -0.15) is 0 Å². The average molecular weight is 352 g/mol. The number of esters is 1. The number of carbonyl (C=O) groups excluding carboxylic acids is 1. The van der Waals surface area contributed by atoms with Crippen LogP contribution >= 0.6 is 12.2 Å². The lowest BCUT2D eigenvalue weighted by molar-refractivity contribution is -0.143. The second-order valence-electron chi connectivity index (χ2n) is 5.96. The number of carbonyl (C=O) groups is 1. The maximum absolute atomic E-state index is 12.8. The fourth-order valence-electron chi connectivity index (χ4n) is 2.81. The molecule has 0 amide bonds. The van der Waals surface area contributed by atoms with Crippen molar-refractivity contribution in [3.05, 3.63) is 82.6 Å². The number of aryl methyl sites for hydroxylation is 1. The van der Waals surface area contributed by atoms with Gasteiger partial charge in [-0.15, -0.1) is 0 Å². The van der Waals surface area contributed by atoms with E-state index in [-0.39, 0.29) is 5.97 Å². The van der Waals surface area contributed by atoms with Crippen LogP contribution in [0.2, 0.25) is 0 Å². The van der Waals surface area contributed by atoms with E-state index in [1.807, 2.05) is 68.4 Å². The molecule has 2 aromatic rings. The molecule has 0 aromatic heterocycles. The largest absolute Gasteiger partial charge is 0.449 e. The summed E-state index contributed by atoms with van der Waals surface area (Å²) < 4.78 is 5.93. The Kier molecular flexibility index (Phi) is 5.14. The second-order valence-corrected chi connectivity index (χ2v) is 6.37. The lowest BCUT2D eigenvalue weighted by Crippen LogP contribution is -2.43. The Morgan fingerprint density at radius 3 is 2.44 bits per heavy atom. The Morgan fingerprint density at radius 2 is 1.76 bits per heavy atom. The molecule has 0 saturated heterocycles. The third-order valence-corrected chi connectivity index (χ3v) is 4.47. The number of hydrogen-bond donors (Lipinski definition) is 2. The van der Waals surface area contributed by atoms with Crippen LogP contribution < -0.4 is 10.6 Å². The number of nitrogens with one attached hydrogen (secondary N) is 2. The second kappa shape index (κ2) is 7.49. The predicted octanol–water partition coefficient (Wildman–Crippen LogP) is 3.38. The van der Waals surface area contributed by atoms with Gasteiger partial charge in [0.15, 0.2) is 11.2 Å². The zero-order chi connectivity index (χ0) is 17.8. The van der Waals surface area contributed by atoms with E-state index in [4.69, 9.17) is 17.0 Å². The predicted molar refractivity (Wildman–Crippen MR) is 102 cm³/mol. The monoisotopic (exact) mass is 352 g/mol. The summed E-state index contributed by atoms with van der Waals surface area (Å²) in [5, 5.41) is 6.46. The SMILES string of the molecule is CC1=C(C(=O)OC(c2ccccc2)c2ccccc2C)CNC(=S)N1. The van der Waals surface area contributed by atoms with Gasteiger partial charge < -0.3 is 15.4 Å². The molecule has 128 valence electrons. The zero-order valence-electron chi connectivity index (χ0n) is 14.2. The van der Waals surface area contributed by atoms with Gasteiger partial charge in [-0.05, 0) is 42.8 Å². The van der Waals surface area contributed by atoms with Crippen LogP contribution in [-0.4, -0.2) is 17.6 Å². The number of hydrogen-bond acceptors (Lipinski definition) is 3. The van der Waals surface area contributed by atoms with E-state index < -0.39 is 6.10 Å². The van der Waals surface area contributed by atoms with Gasteiger partial charge in [0.1, 0.15) is 0 Å². The number of ether oxygens (including phenoxy) is 1. The summed E-state index contributed by atoms with van der Waals surface area (Å²) in [6.45, 7) is 4.21. The van der Waals surface area contributed by atoms with Crippen molar-refractivity contribution in [3.8, 4) is 0 Å². The zero-order valence-corrected chi connectivity index (χ0v) is 15.0. The van der Waals surface area contributed by atoms with E-state index in [0.29, 0.717) is 17.2 Å². The lowest BCUT2D eigenvalue weighted by atomic mass is 9.97. The first kappa shape index (κ1) is 17.2. The molecule has 0 spiro atoms. The average Bonchev–Trinajstić information content (AvgIpc) is 2.61. The van der Waals surface area contributed by atoms with E-state index >= 15 is 0 Å². The van der Waals surface area contributed by atoms with Crippen molar-refractivity contribution in [2.24, 2.45) is 0 Å². The molecule has 25 heavy (non-hydrogen) atoms. The van der Waals surface area contributed by atoms with Gasteiger partial charge in [0.2, 0.25) is 0 Å². The Hall–Kier alpha value is -2.66. The quantitative estimate of drug-likeness (QED) is 0.653. The number of rotatable bonds is 4. The maximum Gasteiger partial charge on any atom is 0.338 e. The molecule has 0 aliphatic carbocycles. The summed E-state index contributed by atoms with van der Waals surface area (Å²) in [6, 6.07) is 17.7. The summed E-state index contributed by atoms with van der Waals surface area (Å²) in [5.41, 5.74) is 4.28. The van der Waals surface area contributed by atoms with E-state index in [2.05, 4.69) is 10.6 Å². The molecule has 2 aromatic carbocycles. The standard InChI is InChI=1S/C20H20N2O2S/c1-13-8-6-7-11-16(13)18(15-9-4-3-5-10-15)24-19(23)17-12-21-20(25)22-14(17)2/h3-11,18H,12H2,1-2H3,(H2,21,22,25). The van der Waals surface area contributed by atoms with Crippen LogP contribution in [0.25, 0.3) is 0 Å². The van der Waals surface area contributed by atoms with Gasteiger partial charge in [-0.25, -0.2) is 4.79 Å². The maximum atomic E-state index is 12.8. The van der Waals surface area contributed by atoms with Gasteiger partial charge in [0.05, 0.1) is 12.1 Å². The fourth-order valence-corrected chi connectivity index (χ4v) is 3.04. The molecule has 1 atom stereocenters. The number of thiocarbonyl (C=S) groups is 1. The van der Waals surface area contributed by atoms with Crippen molar-refractivity contribution < 1.29 is 9.53 Å². The van der Waals surface area contributed by atoms with Crippen LogP contribution in [0.4, 0.5) is 0 Å². The summed E-state index contributed by atoms with van der Waals surface area (Å²) in [5.74, 6) is -0.350. The Balaban J connectivity index is 1.94. The van der Waals surface area contributed by atoms with Crippen LogP contribution in [0.1, 0.15) is 29.7 Å². The molecule has 1 aliphatic heterocycles. The van der Waals surface area contributed by atoms with Crippen molar-refractivity contribution in [3.63, 3.8) is 0 Å². The third kappa shape index (κ3) is 3.88. The fraction of sp³-hybridized carbons (Fsp3) is 0.200. The first-order chi connectivity index (χ1) is 12.1. The Labute approximate surface area is 152 Å². The minimum Gasteiger partial charge on any atom is -0.449 e. The Bertz CT molecular complexity index is 831. The van der Waals surface area contributed by atoms with E-state index in [1.165, 1.54) is 0 Å². The van der Waals surface area contributed by atoms with Gasteiger partial charge in [-0.3, -0.25) is 0 Å².